The Morgan fingerprint density at radius 1 is 1.08 bits per heavy atom. The molecule has 3 aromatic carbocycles. The molecule has 2 heterocycles. The molecule has 0 saturated heterocycles. The fourth-order valence-corrected chi connectivity index (χ4v) is 5.78. The predicted octanol–water partition coefficient (Wildman–Crippen LogP) is 6.44. The average molecular weight is 539 g/mol. The SMILES string of the molecule is COCN1C(C)=CN2c3cc(Oc4ccccc4CNC(=O)Nc4ccc(OC)c(Cl)c4)ccc3SC12. The highest BCUT2D eigenvalue weighted by Gasteiger charge is 2.38. The molecule has 8 nitrogen and oxygen atoms in total. The number of allylic oxidation sites excluding steroid dienone is 1. The summed E-state index contributed by atoms with van der Waals surface area (Å²) in [6.45, 7) is 2.91. The molecule has 0 saturated carbocycles. The lowest BCUT2D eigenvalue weighted by Crippen LogP contribution is -2.35. The van der Waals surface area contributed by atoms with E-state index in [1.807, 2.05) is 36.4 Å². The first-order valence-electron chi connectivity index (χ1n) is 11.6. The van der Waals surface area contributed by atoms with E-state index in [4.69, 9.17) is 25.8 Å². The molecule has 37 heavy (non-hydrogen) atoms. The second-order valence-electron chi connectivity index (χ2n) is 8.51. The zero-order valence-electron chi connectivity index (χ0n) is 20.7. The third-order valence-corrected chi connectivity index (χ3v) is 7.63. The Labute approximate surface area is 225 Å². The quantitative estimate of drug-likeness (QED) is 0.342. The van der Waals surface area contributed by atoms with E-state index in [0.29, 0.717) is 28.9 Å². The normalized spacial score (nSPS) is 15.7. The molecule has 192 valence electrons. The summed E-state index contributed by atoms with van der Waals surface area (Å²) < 4.78 is 16.8. The molecule has 1 unspecified atom stereocenters. The van der Waals surface area contributed by atoms with Crippen molar-refractivity contribution in [1.82, 2.24) is 10.2 Å². The highest BCUT2D eigenvalue weighted by Crippen LogP contribution is 2.50. The number of anilines is 2. The van der Waals surface area contributed by atoms with Crippen LogP contribution in [0, 0.1) is 0 Å². The van der Waals surface area contributed by atoms with E-state index in [9.17, 15) is 4.79 Å². The molecule has 2 aliphatic rings. The van der Waals surface area contributed by atoms with Crippen molar-refractivity contribution in [2.75, 3.05) is 31.2 Å². The standard InChI is InChI=1S/C27H27ClN4O4S/c1-17-15-31-22-13-20(9-11-25(22)37-27(31)32(17)16-34-2)36-23-7-5-4-6-18(23)14-29-26(33)30-19-8-10-24(35-3)21(28)12-19/h4-13,15,27H,14,16H2,1-3H3,(H2,29,30,33). The maximum absolute atomic E-state index is 12.5. The summed E-state index contributed by atoms with van der Waals surface area (Å²) in [5.74, 6) is 1.94. The second-order valence-corrected chi connectivity index (χ2v) is 10.0. The molecule has 0 radical (unpaired) electrons. The number of para-hydroxylation sites is 1. The number of hydrogen-bond donors (Lipinski definition) is 2. The van der Waals surface area contributed by atoms with Crippen molar-refractivity contribution in [3.05, 3.63) is 83.1 Å². The number of benzene rings is 3. The van der Waals surface area contributed by atoms with Crippen LogP contribution in [0.3, 0.4) is 0 Å². The number of fused-ring (bicyclic) bond motifs is 3. The lowest BCUT2D eigenvalue weighted by atomic mass is 10.2. The number of halogens is 1. The molecule has 2 N–H and O–H groups in total. The number of methoxy groups -OCH3 is 2. The third kappa shape index (κ3) is 5.29. The van der Waals surface area contributed by atoms with Crippen LogP contribution in [-0.2, 0) is 11.3 Å². The van der Waals surface area contributed by atoms with Crippen molar-refractivity contribution < 1.29 is 19.0 Å². The van der Waals surface area contributed by atoms with Gasteiger partial charge in [-0.15, -0.1) is 0 Å². The Morgan fingerprint density at radius 2 is 1.92 bits per heavy atom. The first kappa shape index (κ1) is 25.1. The minimum Gasteiger partial charge on any atom is -0.495 e. The van der Waals surface area contributed by atoms with E-state index in [1.54, 1.807) is 44.2 Å². The van der Waals surface area contributed by atoms with Crippen molar-refractivity contribution in [3.63, 3.8) is 0 Å². The largest absolute Gasteiger partial charge is 0.495 e. The molecule has 5 rings (SSSR count). The number of carbonyl (C=O) groups is 1. The van der Waals surface area contributed by atoms with Gasteiger partial charge >= 0.3 is 6.03 Å². The van der Waals surface area contributed by atoms with Crippen LogP contribution in [0.1, 0.15) is 12.5 Å². The molecule has 2 amide bonds. The lowest BCUT2D eigenvalue weighted by Gasteiger charge is -2.27. The van der Waals surface area contributed by atoms with Crippen LogP contribution in [0.5, 0.6) is 17.2 Å². The van der Waals surface area contributed by atoms with Crippen molar-refractivity contribution in [3.8, 4) is 17.2 Å². The molecule has 3 aromatic rings. The Morgan fingerprint density at radius 3 is 2.70 bits per heavy atom. The van der Waals surface area contributed by atoms with Gasteiger partial charge in [-0.05, 0) is 43.3 Å². The Bertz CT molecular complexity index is 1350. The lowest BCUT2D eigenvalue weighted by molar-refractivity contribution is 0.0880. The Kier molecular flexibility index (Phi) is 7.36. The van der Waals surface area contributed by atoms with Crippen molar-refractivity contribution >= 4 is 40.8 Å². The van der Waals surface area contributed by atoms with Gasteiger partial charge in [-0.2, -0.15) is 0 Å². The smallest absolute Gasteiger partial charge is 0.319 e. The molecule has 0 aromatic heterocycles. The molecule has 0 spiro atoms. The van der Waals surface area contributed by atoms with Gasteiger partial charge in [-0.1, -0.05) is 41.6 Å². The van der Waals surface area contributed by atoms with Crippen LogP contribution in [0.15, 0.2) is 77.5 Å². The van der Waals surface area contributed by atoms with Crippen LogP contribution in [0.4, 0.5) is 16.2 Å². The van der Waals surface area contributed by atoms with E-state index >= 15 is 0 Å². The van der Waals surface area contributed by atoms with Gasteiger partial charge in [-0.25, -0.2) is 4.79 Å². The summed E-state index contributed by atoms with van der Waals surface area (Å²) >= 11 is 7.93. The first-order chi connectivity index (χ1) is 18.0. The highest BCUT2D eigenvalue weighted by molar-refractivity contribution is 8.00. The predicted molar refractivity (Wildman–Crippen MR) is 146 cm³/mol. The number of amides is 2. The molecule has 2 aliphatic heterocycles. The van der Waals surface area contributed by atoms with Gasteiger partial charge in [0.2, 0.25) is 0 Å². The summed E-state index contributed by atoms with van der Waals surface area (Å²) in [4.78, 5) is 18.1. The van der Waals surface area contributed by atoms with Crippen LogP contribution >= 0.6 is 23.4 Å². The molecular weight excluding hydrogens is 512 g/mol. The van der Waals surface area contributed by atoms with Crippen molar-refractivity contribution in [2.45, 2.75) is 23.9 Å². The van der Waals surface area contributed by atoms with Crippen molar-refractivity contribution in [1.29, 1.82) is 0 Å². The van der Waals surface area contributed by atoms with Gasteiger partial charge in [0.25, 0.3) is 0 Å². The Balaban J connectivity index is 1.25. The molecule has 0 bridgehead atoms. The maximum atomic E-state index is 12.5. The van der Waals surface area contributed by atoms with Gasteiger partial charge in [0.1, 0.15) is 24.0 Å². The van der Waals surface area contributed by atoms with E-state index in [0.717, 1.165) is 22.7 Å². The summed E-state index contributed by atoms with van der Waals surface area (Å²) in [5, 5.41) is 6.08. The fourth-order valence-electron chi connectivity index (χ4n) is 4.22. The molecule has 10 heteroatoms. The zero-order valence-corrected chi connectivity index (χ0v) is 22.2. The summed E-state index contributed by atoms with van der Waals surface area (Å²) in [7, 11) is 3.25. The maximum Gasteiger partial charge on any atom is 0.319 e. The number of urea groups is 1. The van der Waals surface area contributed by atoms with E-state index < -0.39 is 0 Å². The van der Waals surface area contributed by atoms with Crippen LogP contribution in [0.2, 0.25) is 5.02 Å². The topological polar surface area (TPSA) is 75.3 Å². The van der Waals surface area contributed by atoms with E-state index in [-0.39, 0.29) is 18.1 Å². The molecule has 1 atom stereocenters. The number of rotatable bonds is 8. The van der Waals surface area contributed by atoms with Gasteiger partial charge in [-0.3, -0.25) is 0 Å². The Hall–Kier alpha value is -3.53. The highest BCUT2D eigenvalue weighted by atomic mass is 35.5. The van der Waals surface area contributed by atoms with Crippen LogP contribution < -0.4 is 25.0 Å². The van der Waals surface area contributed by atoms with E-state index in [1.165, 1.54) is 4.90 Å². The third-order valence-electron chi connectivity index (χ3n) is 6.04. The minimum absolute atomic E-state index is 0.140. The molecule has 0 fully saturated rings. The number of ether oxygens (including phenoxy) is 3. The average Bonchev–Trinajstić information content (AvgIpc) is 3.39. The van der Waals surface area contributed by atoms with Crippen molar-refractivity contribution in [2.24, 2.45) is 0 Å². The van der Waals surface area contributed by atoms with E-state index in [2.05, 4.69) is 39.6 Å². The molecular formula is C27H27ClN4O4S. The number of nitrogens with one attached hydrogen (secondary N) is 2. The van der Waals surface area contributed by atoms with Crippen LogP contribution in [-0.4, -0.2) is 37.4 Å². The second kappa shape index (κ2) is 10.8. The van der Waals surface area contributed by atoms with Crippen LogP contribution in [0.25, 0.3) is 0 Å². The van der Waals surface area contributed by atoms with Gasteiger partial charge in [0.05, 0.1) is 17.8 Å². The number of carbonyl (C=O) groups excluding carboxylic acids is 1. The number of thioether (sulfide) groups is 1. The summed E-state index contributed by atoms with van der Waals surface area (Å²) in [6.07, 6.45) is 2.14. The minimum atomic E-state index is -0.353. The number of nitrogens with zero attached hydrogens (tertiary/aromatic N) is 2. The first-order valence-corrected chi connectivity index (χ1v) is 12.9. The zero-order chi connectivity index (χ0) is 25.9. The fraction of sp³-hybridized carbons (Fsp3) is 0.222. The summed E-state index contributed by atoms with van der Waals surface area (Å²) in [6, 6.07) is 18.4. The van der Waals surface area contributed by atoms with Gasteiger partial charge in [0.15, 0.2) is 5.50 Å². The number of hydrogen-bond acceptors (Lipinski definition) is 7. The monoisotopic (exact) mass is 538 g/mol. The van der Waals surface area contributed by atoms with Gasteiger partial charge in [0, 0.05) is 47.8 Å². The van der Waals surface area contributed by atoms with Gasteiger partial charge < -0.3 is 34.6 Å². The molecule has 0 aliphatic carbocycles. The summed E-state index contributed by atoms with van der Waals surface area (Å²) in [5.41, 5.74) is 3.81.